The summed E-state index contributed by atoms with van der Waals surface area (Å²) in [5, 5.41) is 5.85. The van der Waals surface area contributed by atoms with E-state index in [2.05, 4.69) is 156 Å². The predicted octanol–water partition coefficient (Wildman–Crippen LogP) is 11.0. The molecule has 5 aromatic rings. The third-order valence-electron chi connectivity index (χ3n) is 8.87. The van der Waals surface area contributed by atoms with Gasteiger partial charge in [-0.1, -0.05) is 111 Å². The Morgan fingerprint density at radius 2 is 1.43 bits per heavy atom. The van der Waals surface area contributed by atoms with Crippen molar-refractivity contribution in [3.8, 4) is 33.4 Å². The van der Waals surface area contributed by atoms with Crippen LogP contribution in [-0.4, -0.2) is 6.04 Å². The lowest BCUT2D eigenvalue weighted by molar-refractivity contribution is 0.726. The number of hydrogen-bond donors (Lipinski definition) is 1. The number of nitrogens with one attached hydrogen (secondary N) is 1. The number of benzene rings is 5. The monoisotopic (exact) mass is 545 g/mol. The molecule has 0 fully saturated rings. The molecule has 208 valence electrons. The molecule has 1 heterocycles. The molecule has 1 heteroatoms. The Kier molecular flexibility index (Phi) is 7.43. The van der Waals surface area contributed by atoms with E-state index in [4.69, 9.17) is 0 Å². The number of rotatable bonds is 7. The molecule has 1 N–H and O–H groups in total. The fraction of sp³-hybridized carbons (Fsp3) is 0.171. The average Bonchev–Trinajstić information content (AvgIpc) is 3.01. The number of hydrogen-bond acceptors (Lipinski definition) is 1. The molecule has 1 aliphatic heterocycles. The van der Waals surface area contributed by atoms with Crippen LogP contribution in [0.2, 0.25) is 0 Å². The van der Waals surface area contributed by atoms with Gasteiger partial charge in [0, 0.05) is 6.20 Å². The molecule has 0 spiro atoms. The van der Waals surface area contributed by atoms with Gasteiger partial charge in [-0.15, -0.1) is 0 Å². The van der Waals surface area contributed by atoms with Crippen molar-refractivity contribution in [1.29, 1.82) is 0 Å². The third kappa shape index (κ3) is 4.69. The second-order valence-corrected chi connectivity index (χ2v) is 11.4. The van der Waals surface area contributed by atoms with E-state index < -0.39 is 0 Å². The van der Waals surface area contributed by atoms with E-state index in [0.717, 1.165) is 6.42 Å². The standard InChI is InChI=1S/C41H39N/c1-7-12-38-27(5)40(34-20-15-29-13-10-11-14-32(29)24-34)35(8-2)36(9-3)41(38)33-21-22-37(26(4)23-33)30-16-18-31(19-17-30)39-25-42-28(39)6/h7,9-25,28,42H,3,8H2,1-2,4-6H3/b12-7-. The van der Waals surface area contributed by atoms with E-state index in [9.17, 15) is 0 Å². The lowest BCUT2D eigenvalue weighted by Gasteiger charge is -2.26. The van der Waals surface area contributed by atoms with Crippen molar-refractivity contribution >= 4 is 28.5 Å². The van der Waals surface area contributed by atoms with Crippen LogP contribution in [0.4, 0.5) is 0 Å². The summed E-state index contributed by atoms with van der Waals surface area (Å²) in [5.41, 5.74) is 16.7. The van der Waals surface area contributed by atoms with Crippen molar-refractivity contribution < 1.29 is 0 Å². The molecule has 0 saturated heterocycles. The van der Waals surface area contributed by atoms with Crippen molar-refractivity contribution in [2.24, 2.45) is 0 Å². The lowest BCUT2D eigenvalue weighted by Crippen LogP contribution is -2.31. The highest BCUT2D eigenvalue weighted by atomic mass is 14.9. The van der Waals surface area contributed by atoms with Crippen molar-refractivity contribution in [1.82, 2.24) is 5.32 Å². The van der Waals surface area contributed by atoms with Crippen molar-refractivity contribution in [2.45, 2.75) is 47.1 Å². The van der Waals surface area contributed by atoms with Crippen LogP contribution in [0.5, 0.6) is 0 Å². The van der Waals surface area contributed by atoms with E-state index in [1.54, 1.807) is 0 Å². The van der Waals surface area contributed by atoms with Gasteiger partial charge in [0.1, 0.15) is 0 Å². The van der Waals surface area contributed by atoms with Gasteiger partial charge >= 0.3 is 0 Å². The molecule has 6 rings (SSSR count). The van der Waals surface area contributed by atoms with Crippen LogP contribution in [0.1, 0.15) is 54.2 Å². The van der Waals surface area contributed by atoms with E-state index in [1.807, 2.05) is 0 Å². The zero-order chi connectivity index (χ0) is 29.4. The Morgan fingerprint density at radius 3 is 2.05 bits per heavy atom. The van der Waals surface area contributed by atoms with Gasteiger partial charge in [-0.25, -0.2) is 0 Å². The van der Waals surface area contributed by atoms with Gasteiger partial charge in [0.25, 0.3) is 0 Å². The summed E-state index contributed by atoms with van der Waals surface area (Å²) in [7, 11) is 0. The fourth-order valence-electron chi connectivity index (χ4n) is 6.65. The lowest BCUT2D eigenvalue weighted by atomic mass is 9.80. The van der Waals surface area contributed by atoms with Crippen molar-refractivity contribution in [3.05, 3.63) is 137 Å². The van der Waals surface area contributed by atoms with Gasteiger partial charge in [0.15, 0.2) is 0 Å². The second kappa shape index (κ2) is 11.3. The first-order valence-corrected chi connectivity index (χ1v) is 15.1. The molecule has 0 aliphatic carbocycles. The molecule has 1 nitrogen and oxygen atoms in total. The highest BCUT2D eigenvalue weighted by Gasteiger charge is 2.22. The van der Waals surface area contributed by atoms with Crippen LogP contribution >= 0.6 is 0 Å². The Bertz CT molecular complexity index is 1880. The maximum atomic E-state index is 4.34. The Hall–Kier alpha value is -4.62. The van der Waals surface area contributed by atoms with Gasteiger partial charge in [-0.05, 0) is 123 Å². The summed E-state index contributed by atoms with van der Waals surface area (Å²) in [6.45, 7) is 15.4. The molecular formula is C41H39N. The topological polar surface area (TPSA) is 12.0 Å². The van der Waals surface area contributed by atoms with Crippen LogP contribution in [0.25, 0.3) is 61.9 Å². The average molecular weight is 546 g/mol. The summed E-state index contributed by atoms with van der Waals surface area (Å²) < 4.78 is 0. The molecular weight excluding hydrogens is 506 g/mol. The van der Waals surface area contributed by atoms with Crippen LogP contribution in [-0.2, 0) is 6.42 Å². The van der Waals surface area contributed by atoms with Gasteiger partial charge in [-0.3, -0.25) is 0 Å². The van der Waals surface area contributed by atoms with Gasteiger partial charge < -0.3 is 5.32 Å². The molecule has 42 heavy (non-hydrogen) atoms. The first kappa shape index (κ1) is 27.5. The van der Waals surface area contributed by atoms with Crippen molar-refractivity contribution in [3.63, 3.8) is 0 Å². The van der Waals surface area contributed by atoms with Gasteiger partial charge in [0.2, 0.25) is 0 Å². The van der Waals surface area contributed by atoms with E-state index >= 15 is 0 Å². The molecule has 0 saturated carbocycles. The van der Waals surface area contributed by atoms with E-state index in [0.29, 0.717) is 6.04 Å². The van der Waals surface area contributed by atoms with Crippen molar-refractivity contribution in [2.75, 3.05) is 0 Å². The highest BCUT2D eigenvalue weighted by Crippen LogP contribution is 2.43. The Balaban J connectivity index is 1.49. The quantitative estimate of drug-likeness (QED) is 0.214. The summed E-state index contributed by atoms with van der Waals surface area (Å²) in [4.78, 5) is 0. The van der Waals surface area contributed by atoms with Crippen LogP contribution in [0, 0.1) is 13.8 Å². The molecule has 1 atom stereocenters. The zero-order valence-corrected chi connectivity index (χ0v) is 25.4. The van der Waals surface area contributed by atoms with E-state index in [-0.39, 0.29) is 0 Å². The minimum absolute atomic E-state index is 0.423. The van der Waals surface area contributed by atoms with Gasteiger partial charge in [0.05, 0.1) is 6.04 Å². The summed E-state index contributed by atoms with van der Waals surface area (Å²) in [6, 6.07) is 31.8. The maximum absolute atomic E-state index is 4.34. The largest absolute Gasteiger partial charge is 0.384 e. The molecule has 1 aliphatic rings. The summed E-state index contributed by atoms with van der Waals surface area (Å²) >= 11 is 0. The first-order chi connectivity index (χ1) is 20.4. The summed E-state index contributed by atoms with van der Waals surface area (Å²) in [6.07, 6.45) is 9.54. The molecule has 1 unspecified atom stereocenters. The summed E-state index contributed by atoms with van der Waals surface area (Å²) in [5.74, 6) is 0. The maximum Gasteiger partial charge on any atom is 0.0500 e. The Labute approximate surface area is 251 Å². The molecule has 5 aromatic carbocycles. The Morgan fingerprint density at radius 1 is 0.762 bits per heavy atom. The molecule has 0 amide bonds. The molecule has 0 aromatic heterocycles. The number of aryl methyl sites for hydroxylation is 1. The minimum atomic E-state index is 0.423. The highest BCUT2D eigenvalue weighted by molar-refractivity contribution is 5.95. The molecule has 0 bridgehead atoms. The smallest absolute Gasteiger partial charge is 0.0500 e. The SMILES string of the molecule is C=Cc1c(CC)c(-c2ccc3ccccc3c2)c(C)c(/C=C\C)c1-c1ccc(-c2ccc(C3=CNC3C)cc2)c(C)c1. The second-order valence-electron chi connectivity index (χ2n) is 11.4. The first-order valence-electron chi connectivity index (χ1n) is 15.1. The van der Waals surface area contributed by atoms with Crippen LogP contribution in [0.15, 0.2) is 104 Å². The zero-order valence-electron chi connectivity index (χ0n) is 25.4. The van der Waals surface area contributed by atoms with Gasteiger partial charge in [-0.2, -0.15) is 0 Å². The molecule has 0 radical (unpaired) electrons. The normalized spacial score (nSPS) is 14.5. The van der Waals surface area contributed by atoms with Crippen LogP contribution in [0.3, 0.4) is 0 Å². The van der Waals surface area contributed by atoms with Crippen LogP contribution < -0.4 is 5.32 Å². The van der Waals surface area contributed by atoms with E-state index in [1.165, 1.54) is 83.1 Å². The third-order valence-corrected chi connectivity index (χ3v) is 8.87. The predicted molar refractivity (Wildman–Crippen MR) is 184 cm³/mol. The number of allylic oxidation sites excluding steroid dienone is 1. The minimum Gasteiger partial charge on any atom is -0.384 e. The number of fused-ring (bicyclic) bond motifs is 1. The fourth-order valence-corrected chi connectivity index (χ4v) is 6.65.